The van der Waals surface area contributed by atoms with Crippen molar-refractivity contribution in [2.75, 3.05) is 38.2 Å². The van der Waals surface area contributed by atoms with Gasteiger partial charge in [0.1, 0.15) is 5.75 Å². The summed E-state index contributed by atoms with van der Waals surface area (Å²) in [7, 11) is -2.18. The van der Waals surface area contributed by atoms with Gasteiger partial charge in [-0.2, -0.15) is 0 Å². The third-order valence-corrected chi connectivity index (χ3v) is 14.6. The van der Waals surface area contributed by atoms with Crippen LogP contribution in [-0.2, 0) is 14.8 Å². The number of nitrogens with one attached hydrogen (secondary N) is 1. The van der Waals surface area contributed by atoms with Crippen LogP contribution in [0.25, 0.3) is 0 Å². The number of benzene rings is 1. The summed E-state index contributed by atoms with van der Waals surface area (Å²) in [5.74, 6) is -0.437. The van der Waals surface area contributed by atoms with Crippen molar-refractivity contribution in [2.45, 2.75) is 89.4 Å². The number of anilines is 1. The Morgan fingerprint density at radius 2 is 1.83 bits per heavy atom. The molecule has 1 saturated carbocycles. The molecule has 0 radical (unpaired) electrons. The summed E-state index contributed by atoms with van der Waals surface area (Å²) in [6.45, 7) is 8.08. The molecular formula is C37H52ClN3O6S. The molecule has 9 nitrogen and oxygen atoms in total. The molecule has 1 saturated heterocycles. The van der Waals surface area contributed by atoms with Crippen LogP contribution in [0.15, 0.2) is 41.5 Å². The Morgan fingerprint density at radius 1 is 1.04 bits per heavy atom. The third kappa shape index (κ3) is 6.78. The predicted octanol–water partition coefficient (Wildman–Crippen LogP) is 5.87. The molecule has 0 spiro atoms. The standard InChI is InChI=1S/C37H52ClN3O6S/c1-24-8-7-16-37(44,31-15-19-40(4)35(31)43)30-12-10-27(30)22-41-18-6-5-9-28-21-29(38)14-17-36(28,3)23-47-33-13-11-26(20-32(33)41)34(42)39-48(45,46)25(24)2/h11,13-14,17,20-21,24-25,27-28,30-31,44H,5-10,12,15-16,18-19,22-23H2,1-4H3,(H,39,42)/t24-,25+,27-,28?,30+,31+,36?,37+/m0/s1. The Balaban J connectivity index is 1.40. The van der Waals surface area contributed by atoms with Crippen molar-refractivity contribution in [3.05, 3.63) is 47.0 Å². The number of hydrogen-bond acceptors (Lipinski definition) is 7. The first-order chi connectivity index (χ1) is 22.7. The molecule has 1 aromatic carbocycles. The second kappa shape index (κ2) is 13.6. The molecule has 1 aromatic rings. The molecule has 264 valence electrons. The first kappa shape index (κ1) is 35.3. The highest BCUT2D eigenvalue weighted by atomic mass is 35.5. The van der Waals surface area contributed by atoms with Gasteiger partial charge in [0.05, 0.1) is 29.1 Å². The molecule has 48 heavy (non-hydrogen) atoms. The van der Waals surface area contributed by atoms with Crippen LogP contribution in [0.1, 0.15) is 88.9 Å². The molecular weight excluding hydrogens is 650 g/mol. The summed E-state index contributed by atoms with van der Waals surface area (Å²) >= 11 is 6.44. The number of likely N-dealkylation sites (tertiary alicyclic amines) is 1. The van der Waals surface area contributed by atoms with Gasteiger partial charge in [-0.1, -0.05) is 50.4 Å². The number of allylic oxidation sites excluding steroid dienone is 3. The Labute approximate surface area is 291 Å². The lowest BCUT2D eigenvalue weighted by atomic mass is 9.59. The number of sulfonamides is 1. The van der Waals surface area contributed by atoms with E-state index >= 15 is 0 Å². The number of carbonyl (C=O) groups excluding carboxylic acids is 2. The number of halogens is 1. The van der Waals surface area contributed by atoms with Crippen molar-refractivity contribution in [1.29, 1.82) is 0 Å². The van der Waals surface area contributed by atoms with Crippen LogP contribution in [0.2, 0.25) is 0 Å². The monoisotopic (exact) mass is 701 g/mol. The van der Waals surface area contributed by atoms with Crippen molar-refractivity contribution in [3.8, 4) is 5.75 Å². The van der Waals surface area contributed by atoms with Gasteiger partial charge in [0.2, 0.25) is 15.9 Å². The summed E-state index contributed by atoms with van der Waals surface area (Å²) in [6, 6.07) is 5.19. The zero-order valence-electron chi connectivity index (χ0n) is 28.8. The minimum Gasteiger partial charge on any atom is -0.490 e. The normalized spacial score (nSPS) is 37.6. The number of aliphatic hydroxyl groups is 1. The Bertz CT molecular complexity index is 1580. The van der Waals surface area contributed by atoms with E-state index in [0.717, 1.165) is 42.8 Å². The maximum Gasteiger partial charge on any atom is 0.264 e. The molecule has 2 bridgehead atoms. The van der Waals surface area contributed by atoms with Gasteiger partial charge in [-0.3, -0.25) is 9.59 Å². The average molecular weight is 702 g/mol. The molecule has 2 unspecified atom stereocenters. The van der Waals surface area contributed by atoms with Crippen molar-refractivity contribution in [3.63, 3.8) is 0 Å². The van der Waals surface area contributed by atoms with E-state index in [1.54, 1.807) is 37.1 Å². The van der Waals surface area contributed by atoms with Gasteiger partial charge in [0, 0.05) is 42.7 Å². The fourth-order valence-electron chi connectivity index (χ4n) is 8.80. The zero-order chi connectivity index (χ0) is 34.4. The molecule has 0 aromatic heterocycles. The molecule has 5 aliphatic rings. The molecule has 3 heterocycles. The lowest BCUT2D eigenvalue weighted by Crippen LogP contribution is -2.56. The molecule has 2 amide bonds. The van der Waals surface area contributed by atoms with E-state index in [1.165, 1.54) is 0 Å². The van der Waals surface area contributed by atoms with Crippen LogP contribution in [0.4, 0.5) is 5.69 Å². The minimum absolute atomic E-state index is 0.000982. The van der Waals surface area contributed by atoms with Crippen molar-refractivity contribution in [1.82, 2.24) is 9.62 Å². The SMILES string of the molecule is C[C@@H]1[C@@H](C)CCC[C@](O)([C@@H]2CCN(C)C2=O)[C@@H]2CC[C@H]2CN2CCCCC3C=C(Cl)C=CC3(C)COc3ccc(cc32)C(=O)NS1(=O)=O. The summed E-state index contributed by atoms with van der Waals surface area (Å²) in [5.41, 5.74) is -0.442. The lowest BCUT2D eigenvalue weighted by Gasteiger charge is -2.51. The first-order valence-electron chi connectivity index (χ1n) is 17.8. The maximum atomic E-state index is 13.5. The van der Waals surface area contributed by atoms with Gasteiger partial charge in [-0.25, -0.2) is 13.1 Å². The predicted molar refractivity (Wildman–Crippen MR) is 188 cm³/mol. The molecule has 11 heteroatoms. The quantitative estimate of drug-likeness (QED) is 0.376. The van der Waals surface area contributed by atoms with E-state index in [9.17, 15) is 23.1 Å². The molecule has 6 rings (SSSR count). The average Bonchev–Trinajstić information content (AvgIpc) is 3.36. The fraction of sp³-hybridized carbons (Fsp3) is 0.676. The van der Waals surface area contributed by atoms with Crippen LogP contribution in [0.3, 0.4) is 0 Å². The van der Waals surface area contributed by atoms with Gasteiger partial charge in [-0.15, -0.1) is 0 Å². The minimum atomic E-state index is -3.99. The lowest BCUT2D eigenvalue weighted by molar-refractivity contribution is -0.154. The van der Waals surface area contributed by atoms with Gasteiger partial charge in [0.25, 0.3) is 5.91 Å². The number of ether oxygens (including phenoxy) is 1. The van der Waals surface area contributed by atoms with E-state index < -0.39 is 32.7 Å². The van der Waals surface area contributed by atoms with Crippen molar-refractivity contribution >= 4 is 39.1 Å². The van der Waals surface area contributed by atoms with Gasteiger partial charge in [0.15, 0.2) is 0 Å². The number of rotatable bonds is 1. The maximum absolute atomic E-state index is 13.5. The second-order valence-electron chi connectivity index (χ2n) is 15.5. The van der Waals surface area contributed by atoms with Crippen molar-refractivity contribution < 1.29 is 27.9 Å². The Hall–Kier alpha value is -2.56. The van der Waals surface area contributed by atoms with Crippen LogP contribution >= 0.6 is 11.6 Å². The van der Waals surface area contributed by atoms with E-state index in [0.29, 0.717) is 57.7 Å². The summed E-state index contributed by atoms with van der Waals surface area (Å²) < 4.78 is 35.9. The van der Waals surface area contributed by atoms with Crippen molar-refractivity contribution in [2.24, 2.45) is 35.0 Å². The smallest absolute Gasteiger partial charge is 0.264 e. The third-order valence-electron chi connectivity index (χ3n) is 12.4. The zero-order valence-corrected chi connectivity index (χ0v) is 30.4. The first-order valence-corrected chi connectivity index (χ1v) is 19.8. The highest BCUT2D eigenvalue weighted by Gasteiger charge is 2.55. The summed E-state index contributed by atoms with van der Waals surface area (Å²) in [4.78, 5) is 30.9. The number of carbonyl (C=O) groups is 2. The van der Waals surface area contributed by atoms with Crippen LogP contribution < -0.4 is 14.4 Å². The van der Waals surface area contributed by atoms with Gasteiger partial charge >= 0.3 is 0 Å². The highest BCUT2D eigenvalue weighted by molar-refractivity contribution is 7.90. The number of hydrogen-bond donors (Lipinski definition) is 2. The molecule has 2 N–H and O–H groups in total. The van der Waals surface area contributed by atoms with Gasteiger partial charge in [-0.05, 0) is 99.8 Å². The largest absolute Gasteiger partial charge is 0.490 e. The Kier molecular flexibility index (Phi) is 10.0. The van der Waals surface area contributed by atoms with Crippen LogP contribution in [-0.4, -0.2) is 74.4 Å². The molecule has 8 atom stereocenters. The molecule has 2 aliphatic carbocycles. The second-order valence-corrected chi connectivity index (χ2v) is 18.0. The number of amides is 2. The van der Waals surface area contributed by atoms with Crippen LogP contribution in [0.5, 0.6) is 5.75 Å². The topological polar surface area (TPSA) is 116 Å². The Morgan fingerprint density at radius 3 is 2.54 bits per heavy atom. The fourth-order valence-corrected chi connectivity index (χ4v) is 10.3. The van der Waals surface area contributed by atoms with Gasteiger partial charge < -0.3 is 19.6 Å². The van der Waals surface area contributed by atoms with E-state index in [4.69, 9.17) is 16.3 Å². The van der Waals surface area contributed by atoms with Crippen LogP contribution in [0, 0.1) is 35.0 Å². The number of fused-ring (bicyclic) bond motifs is 3. The van der Waals surface area contributed by atoms with E-state index in [2.05, 4.69) is 28.7 Å². The highest BCUT2D eigenvalue weighted by Crippen LogP contribution is 2.51. The molecule has 2 fully saturated rings. The number of nitrogens with zero attached hydrogens (tertiary/aromatic N) is 2. The summed E-state index contributed by atoms with van der Waals surface area (Å²) in [5, 5.41) is 12.5. The van der Waals surface area contributed by atoms with E-state index in [-0.39, 0.29) is 40.6 Å². The van der Waals surface area contributed by atoms with E-state index in [1.807, 2.05) is 13.0 Å². The molecule has 3 aliphatic heterocycles. The summed E-state index contributed by atoms with van der Waals surface area (Å²) in [6.07, 6.45) is 13.0.